The van der Waals surface area contributed by atoms with Gasteiger partial charge >= 0.3 is 0 Å². The van der Waals surface area contributed by atoms with Crippen molar-refractivity contribution >= 4 is 21.4 Å². The summed E-state index contributed by atoms with van der Waals surface area (Å²) in [5.41, 5.74) is 1.31. The molecule has 0 aliphatic carbocycles. The van der Waals surface area contributed by atoms with Gasteiger partial charge in [0.15, 0.2) is 0 Å². The molecule has 0 amide bonds. The molecule has 1 fully saturated rings. The first-order valence-electron chi connectivity index (χ1n) is 7.50. The highest BCUT2D eigenvalue weighted by atomic mass is 32.2. The van der Waals surface area contributed by atoms with E-state index in [1.165, 1.54) is 21.8 Å². The normalized spacial score (nSPS) is 17.7. The van der Waals surface area contributed by atoms with Crippen LogP contribution < -0.4 is 4.90 Å². The summed E-state index contributed by atoms with van der Waals surface area (Å²) in [6.45, 7) is 5.82. The summed E-state index contributed by atoms with van der Waals surface area (Å²) >= 11 is 1.36. The van der Waals surface area contributed by atoms with E-state index in [-0.39, 0.29) is 0 Å². The fourth-order valence-corrected chi connectivity index (χ4v) is 5.66. The van der Waals surface area contributed by atoms with Gasteiger partial charge in [-0.15, -0.1) is 11.3 Å². The summed E-state index contributed by atoms with van der Waals surface area (Å²) in [6.07, 6.45) is 0. The highest BCUT2D eigenvalue weighted by Gasteiger charge is 2.31. The number of hydrogen-bond acceptors (Lipinski definition) is 3. The standard InChI is InChI=1S/C16H20N2O2S2/c1-14-7-8-16(21-14)22(19,20)18-11-9-17(10-12-18)13-15-5-3-2-4-6-15/h2-8H,9-13H2,1H3/p+1. The van der Waals surface area contributed by atoms with E-state index in [1.807, 2.05) is 19.1 Å². The maximum atomic E-state index is 12.6. The van der Waals surface area contributed by atoms with Crippen molar-refractivity contribution in [3.8, 4) is 0 Å². The molecule has 0 spiro atoms. The molecule has 0 radical (unpaired) electrons. The minimum absolute atomic E-state index is 0.469. The van der Waals surface area contributed by atoms with Gasteiger partial charge in [-0.1, -0.05) is 30.3 Å². The lowest BCUT2D eigenvalue weighted by molar-refractivity contribution is -0.917. The van der Waals surface area contributed by atoms with Crippen molar-refractivity contribution in [1.82, 2.24) is 4.31 Å². The lowest BCUT2D eigenvalue weighted by Crippen LogP contribution is -3.13. The predicted octanol–water partition coefficient (Wildman–Crippen LogP) is 1.15. The van der Waals surface area contributed by atoms with Crippen LogP contribution in [0, 0.1) is 6.92 Å². The molecule has 118 valence electrons. The van der Waals surface area contributed by atoms with Crippen molar-refractivity contribution in [3.05, 3.63) is 52.9 Å². The Morgan fingerprint density at radius 3 is 2.36 bits per heavy atom. The van der Waals surface area contributed by atoms with Crippen LogP contribution in [0.4, 0.5) is 0 Å². The van der Waals surface area contributed by atoms with Gasteiger partial charge in [0.1, 0.15) is 10.8 Å². The predicted molar refractivity (Wildman–Crippen MR) is 88.7 cm³/mol. The van der Waals surface area contributed by atoms with E-state index < -0.39 is 10.0 Å². The Morgan fingerprint density at radius 1 is 1.09 bits per heavy atom. The molecule has 1 aromatic heterocycles. The number of nitrogens with zero attached hydrogens (tertiary/aromatic N) is 1. The highest BCUT2D eigenvalue weighted by Crippen LogP contribution is 2.24. The summed E-state index contributed by atoms with van der Waals surface area (Å²) < 4.78 is 27.3. The molecule has 0 atom stereocenters. The van der Waals surface area contributed by atoms with Gasteiger partial charge in [0.2, 0.25) is 0 Å². The number of hydrogen-bond donors (Lipinski definition) is 1. The minimum atomic E-state index is -3.30. The number of sulfonamides is 1. The van der Waals surface area contributed by atoms with Gasteiger partial charge in [-0.25, -0.2) is 8.42 Å². The van der Waals surface area contributed by atoms with Crippen LogP contribution in [0.15, 0.2) is 46.7 Å². The minimum Gasteiger partial charge on any atom is -0.329 e. The van der Waals surface area contributed by atoms with Crippen molar-refractivity contribution in [2.45, 2.75) is 17.7 Å². The van der Waals surface area contributed by atoms with E-state index in [0.717, 1.165) is 24.5 Å². The molecule has 2 heterocycles. The van der Waals surface area contributed by atoms with Crippen LogP contribution in [0.5, 0.6) is 0 Å². The van der Waals surface area contributed by atoms with Gasteiger partial charge in [0, 0.05) is 10.4 Å². The Kier molecular flexibility index (Phi) is 4.63. The molecule has 1 aliphatic rings. The van der Waals surface area contributed by atoms with E-state index in [0.29, 0.717) is 17.3 Å². The highest BCUT2D eigenvalue weighted by molar-refractivity contribution is 7.91. The third-order valence-electron chi connectivity index (χ3n) is 4.04. The second-order valence-electron chi connectivity index (χ2n) is 5.68. The van der Waals surface area contributed by atoms with Crippen LogP contribution in [-0.4, -0.2) is 38.9 Å². The number of benzene rings is 1. The summed E-state index contributed by atoms with van der Waals surface area (Å²) in [5.74, 6) is 0. The van der Waals surface area contributed by atoms with Crippen molar-refractivity contribution in [2.75, 3.05) is 26.2 Å². The van der Waals surface area contributed by atoms with Crippen LogP contribution >= 0.6 is 11.3 Å². The topological polar surface area (TPSA) is 41.8 Å². The lowest BCUT2D eigenvalue weighted by Gasteiger charge is -2.31. The van der Waals surface area contributed by atoms with E-state index in [9.17, 15) is 8.42 Å². The smallest absolute Gasteiger partial charge is 0.252 e. The molecule has 6 heteroatoms. The molecule has 1 saturated heterocycles. The molecule has 1 aliphatic heterocycles. The van der Waals surface area contributed by atoms with Gasteiger partial charge in [0.25, 0.3) is 10.0 Å². The Morgan fingerprint density at radius 2 is 1.77 bits per heavy atom. The summed E-state index contributed by atoms with van der Waals surface area (Å²) in [7, 11) is -3.30. The van der Waals surface area contributed by atoms with Crippen molar-refractivity contribution in [2.24, 2.45) is 0 Å². The molecular weight excluding hydrogens is 316 g/mol. The Hall–Kier alpha value is -1.21. The zero-order chi connectivity index (χ0) is 15.6. The second kappa shape index (κ2) is 6.50. The van der Waals surface area contributed by atoms with Gasteiger partial charge in [0.05, 0.1) is 26.2 Å². The number of nitrogens with one attached hydrogen (secondary N) is 1. The first-order chi connectivity index (χ1) is 10.6. The molecule has 0 bridgehead atoms. The molecule has 2 aromatic rings. The summed E-state index contributed by atoms with van der Waals surface area (Å²) in [6, 6.07) is 14.0. The lowest BCUT2D eigenvalue weighted by atomic mass is 10.2. The summed E-state index contributed by atoms with van der Waals surface area (Å²) in [4.78, 5) is 2.48. The Balaban J connectivity index is 1.62. The molecule has 3 rings (SSSR count). The molecule has 0 saturated carbocycles. The fraction of sp³-hybridized carbons (Fsp3) is 0.375. The molecule has 0 unspecified atom stereocenters. The van der Waals surface area contributed by atoms with Crippen LogP contribution in [0.2, 0.25) is 0 Å². The molecular formula is C16H21N2O2S2+. The number of piperazine rings is 1. The van der Waals surface area contributed by atoms with Crippen molar-refractivity contribution in [3.63, 3.8) is 0 Å². The first-order valence-corrected chi connectivity index (χ1v) is 9.75. The zero-order valence-corrected chi connectivity index (χ0v) is 14.3. The van der Waals surface area contributed by atoms with Crippen molar-refractivity contribution in [1.29, 1.82) is 0 Å². The Labute approximate surface area is 136 Å². The van der Waals surface area contributed by atoms with E-state index >= 15 is 0 Å². The van der Waals surface area contributed by atoms with Gasteiger partial charge in [-0.05, 0) is 19.1 Å². The van der Waals surface area contributed by atoms with Gasteiger partial charge in [-0.3, -0.25) is 0 Å². The maximum absolute atomic E-state index is 12.6. The van der Waals surface area contributed by atoms with E-state index in [1.54, 1.807) is 10.4 Å². The van der Waals surface area contributed by atoms with Crippen LogP contribution in [0.1, 0.15) is 10.4 Å². The average molecular weight is 337 g/mol. The number of thiophene rings is 1. The van der Waals surface area contributed by atoms with Gasteiger partial charge < -0.3 is 4.90 Å². The van der Waals surface area contributed by atoms with E-state index in [2.05, 4.69) is 24.3 Å². The quantitative estimate of drug-likeness (QED) is 0.909. The molecule has 1 aromatic carbocycles. The number of rotatable bonds is 4. The second-order valence-corrected chi connectivity index (χ2v) is 9.13. The number of aryl methyl sites for hydroxylation is 1. The first kappa shape index (κ1) is 15.7. The van der Waals surface area contributed by atoms with Crippen molar-refractivity contribution < 1.29 is 13.3 Å². The molecule has 4 nitrogen and oxygen atoms in total. The maximum Gasteiger partial charge on any atom is 0.252 e. The fourth-order valence-electron chi connectivity index (χ4n) is 2.78. The van der Waals surface area contributed by atoms with Gasteiger partial charge in [-0.2, -0.15) is 4.31 Å². The summed E-state index contributed by atoms with van der Waals surface area (Å²) in [5, 5.41) is 0. The third kappa shape index (κ3) is 3.41. The van der Waals surface area contributed by atoms with E-state index in [4.69, 9.17) is 0 Å². The Bertz CT molecular complexity index is 718. The monoisotopic (exact) mass is 337 g/mol. The van der Waals surface area contributed by atoms with Crippen LogP contribution in [-0.2, 0) is 16.6 Å². The van der Waals surface area contributed by atoms with Crippen LogP contribution in [0.25, 0.3) is 0 Å². The third-order valence-corrected chi connectivity index (χ3v) is 7.40. The number of quaternary nitrogens is 1. The molecule has 1 N–H and O–H groups in total. The average Bonchev–Trinajstić information content (AvgIpc) is 2.96. The zero-order valence-electron chi connectivity index (χ0n) is 12.7. The largest absolute Gasteiger partial charge is 0.329 e. The SMILES string of the molecule is Cc1ccc(S(=O)(=O)N2CC[NH+](Cc3ccccc3)CC2)s1. The van der Waals surface area contributed by atoms with Crippen LogP contribution in [0.3, 0.4) is 0 Å². The molecule has 22 heavy (non-hydrogen) atoms.